The molecule has 0 unspecified atom stereocenters. The number of hydrogen-bond acceptors (Lipinski definition) is 4. The third kappa shape index (κ3) is 3.53. The fourth-order valence-corrected chi connectivity index (χ4v) is 2.66. The number of rotatable bonds is 5. The lowest BCUT2D eigenvalue weighted by atomic mass is 10.2. The van der Waals surface area contributed by atoms with Crippen LogP contribution < -0.4 is 16.0 Å². The lowest BCUT2D eigenvalue weighted by Crippen LogP contribution is -2.23. The molecule has 0 bridgehead atoms. The Morgan fingerprint density at radius 3 is 2.40 bits per heavy atom. The zero-order chi connectivity index (χ0) is 14.6. The minimum absolute atomic E-state index is 0.0248. The van der Waals surface area contributed by atoms with Gasteiger partial charge in [-0.05, 0) is 42.0 Å². The van der Waals surface area contributed by atoms with Crippen molar-refractivity contribution in [3.05, 3.63) is 59.9 Å². The van der Waals surface area contributed by atoms with Gasteiger partial charge in [0, 0.05) is 12.2 Å². The Hall–Kier alpha value is -1.96. The second kappa shape index (κ2) is 6.00. The molecule has 0 spiro atoms. The molecule has 7 heteroatoms. The van der Waals surface area contributed by atoms with E-state index >= 15 is 0 Å². The maximum absolute atomic E-state index is 13.0. The van der Waals surface area contributed by atoms with Crippen LogP contribution in [-0.2, 0) is 16.6 Å². The monoisotopic (exact) mass is 295 g/mol. The molecule has 0 aliphatic rings. The van der Waals surface area contributed by atoms with E-state index in [1.54, 1.807) is 18.2 Å². The molecule has 5 nitrogen and oxygen atoms in total. The van der Waals surface area contributed by atoms with Crippen molar-refractivity contribution in [3.63, 3.8) is 0 Å². The molecule has 0 heterocycles. The summed E-state index contributed by atoms with van der Waals surface area (Å²) in [7, 11) is -3.64. The Balaban J connectivity index is 2.10. The van der Waals surface area contributed by atoms with Crippen LogP contribution in [0, 0.1) is 5.82 Å². The van der Waals surface area contributed by atoms with E-state index in [9.17, 15) is 12.8 Å². The summed E-state index contributed by atoms with van der Waals surface area (Å²) in [4.78, 5) is 0.118. The molecule has 2 aromatic carbocycles. The SMILES string of the molecule is NNc1ccc(S(=O)(=O)NCc2cccc(F)c2)cc1. The first-order valence-electron chi connectivity index (χ1n) is 5.82. The number of hydrogen-bond donors (Lipinski definition) is 3. The van der Waals surface area contributed by atoms with Crippen LogP contribution in [0.2, 0.25) is 0 Å². The summed E-state index contributed by atoms with van der Waals surface area (Å²) < 4.78 is 39.5. The van der Waals surface area contributed by atoms with Crippen LogP contribution >= 0.6 is 0 Å². The van der Waals surface area contributed by atoms with Gasteiger partial charge in [0.15, 0.2) is 0 Å². The van der Waals surface area contributed by atoms with Crippen LogP contribution in [0.5, 0.6) is 0 Å². The van der Waals surface area contributed by atoms with Crippen molar-refractivity contribution in [1.29, 1.82) is 0 Å². The fourth-order valence-electron chi connectivity index (χ4n) is 1.64. The number of halogens is 1. The van der Waals surface area contributed by atoms with Gasteiger partial charge in [0.2, 0.25) is 10.0 Å². The van der Waals surface area contributed by atoms with Crippen molar-refractivity contribution in [2.24, 2.45) is 5.84 Å². The van der Waals surface area contributed by atoms with Gasteiger partial charge in [0.1, 0.15) is 5.82 Å². The first-order chi connectivity index (χ1) is 9.51. The van der Waals surface area contributed by atoms with Gasteiger partial charge in [-0.3, -0.25) is 5.84 Å². The maximum atomic E-state index is 13.0. The van der Waals surface area contributed by atoms with E-state index in [1.165, 1.54) is 30.3 Å². The predicted octanol–water partition coefficient (Wildman–Crippen LogP) is 1.59. The number of nitrogens with one attached hydrogen (secondary N) is 2. The zero-order valence-electron chi connectivity index (χ0n) is 10.5. The smallest absolute Gasteiger partial charge is 0.240 e. The Bertz CT molecular complexity index is 687. The summed E-state index contributed by atoms with van der Waals surface area (Å²) in [6, 6.07) is 11.7. The Labute approximate surface area is 116 Å². The van der Waals surface area contributed by atoms with Crippen LogP contribution in [-0.4, -0.2) is 8.42 Å². The highest BCUT2D eigenvalue weighted by Crippen LogP contribution is 2.13. The first kappa shape index (κ1) is 14.4. The number of sulfonamides is 1. The number of nitrogens with two attached hydrogens (primary N) is 1. The normalized spacial score (nSPS) is 11.3. The van der Waals surface area contributed by atoms with Crippen molar-refractivity contribution in [3.8, 4) is 0 Å². The largest absolute Gasteiger partial charge is 0.324 e. The van der Waals surface area contributed by atoms with E-state index in [2.05, 4.69) is 10.1 Å². The van der Waals surface area contributed by atoms with Gasteiger partial charge in [-0.1, -0.05) is 12.1 Å². The lowest BCUT2D eigenvalue weighted by molar-refractivity contribution is 0.580. The summed E-state index contributed by atoms with van der Waals surface area (Å²) in [6.45, 7) is 0.0248. The van der Waals surface area contributed by atoms with Gasteiger partial charge in [0.25, 0.3) is 0 Å². The minimum Gasteiger partial charge on any atom is -0.324 e. The highest BCUT2D eigenvalue weighted by molar-refractivity contribution is 7.89. The lowest BCUT2D eigenvalue weighted by Gasteiger charge is -2.08. The van der Waals surface area contributed by atoms with E-state index < -0.39 is 15.8 Å². The summed E-state index contributed by atoms with van der Waals surface area (Å²) in [5, 5.41) is 0. The summed E-state index contributed by atoms with van der Waals surface area (Å²) >= 11 is 0. The molecule has 0 radical (unpaired) electrons. The van der Waals surface area contributed by atoms with Crippen molar-refractivity contribution in [2.75, 3.05) is 5.43 Å². The number of anilines is 1. The Morgan fingerprint density at radius 1 is 1.10 bits per heavy atom. The van der Waals surface area contributed by atoms with Crippen LogP contribution in [0.15, 0.2) is 53.4 Å². The first-order valence-corrected chi connectivity index (χ1v) is 7.30. The maximum Gasteiger partial charge on any atom is 0.240 e. The van der Waals surface area contributed by atoms with Crippen molar-refractivity contribution in [1.82, 2.24) is 4.72 Å². The van der Waals surface area contributed by atoms with Crippen molar-refractivity contribution >= 4 is 15.7 Å². The number of benzene rings is 2. The summed E-state index contributed by atoms with van der Waals surface area (Å²) in [5.41, 5.74) is 3.57. The molecule has 106 valence electrons. The van der Waals surface area contributed by atoms with Gasteiger partial charge < -0.3 is 5.43 Å². The molecule has 4 N–H and O–H groups in total. The van der Waals surface area contributed by atoms with E-state index in [1.807, 2.05) is 0 Å². The molecule has 20 heavy (non-hydrogen) atoms. The molecular formula is C13H14FN3O2S. The molecule has 0 aromatic heterocycles. The second-order valence-corrected chi connectivity index (χ2v) is 5.89. The Morgan fingerprint density at radius 2 is 1.80 bits per heavy atom. The van der Waals surface area contributed by atoms with E-state index in [4.69, 9.17) is 5.84 Å². The summed E-state index contributed by atoms with van der Waals surface area (Å²) in [5.74, 6) is 4.80. The van der Waals surface area contributed by atoms with Gasteiger partial charge in [0.05, 0.1) is 4.90 Å². The Kier molecular flexibility index (Phi) is 4.33. The molecule has 2 aromatic rings. The van der Waals surface area contributed by atoms with Crippen LogP contribution in [0.25, 0.3) is 0 Å². The van der Waals surface area contributed by atoms with Gasteiger partial charge >= 0.3 is 0 Å². The van der Waals surface area contributed by atoms with Gasteiger partial charge in [-0.15, -0.1) is 0 Å². The minimum atomic E-state index is -3.64. The molecule has 0 saturated heterocycles. The topological polar surface area (TPSA) is 84.2 Å². The average Bonchev–Trinajstić information content (AvgIpc) is 2.45. The van der Waals surface area contributed by atoms with E-state index in [0.717, 1.165) is 0 Å². The fraction of sp³-hybridized carbons (Fsp3) is 0.0769. The third-order valence-electron chi connectivity index (χ3n) is 2.69. The highest BCUT2D eigenvalue weighted by Gasteiger charge is 2.13. The average molecular weight is 295 g/mol. The standard InChI is InChI=1S/C13H14FN3O2S/c14-11-3-1-2-10(8-11)9-16-20(18,19)13-6-4-12(17-15)5-7-13/h1-8,16-17H,9,15H2. The summed E-state index contributed by atoms with van der Waals surface area (Å²) in [6.07, 6.45) is 0. The quantitative estimate of drug-likeness (QED) is 0.578. The molecule has 0 aliphatic carbocycles. The van der Waals surface area contributed by atoms with Crippen molar-refractivity contribution < 1.29 is 12.8 Å². The number of nitrogen functional groups attached to an aromatic ring is 1. The van der Waals surface area contributed by atoms with E-state index in [0.29, 0.717) is 11.3 Å². The molecule has 0 saturated carbocycles. The molecular weight excluding hydrogens is 281 g/mol. The van der Waals surface area contributed by atoms with Gasteiger partial charge in [-0.25, -0.2) is 17.5 Å². The molecule has 0 amide bonds. The predicted molar refractivity (Wildman–Crippen MR) is 74.7 cm³/mol. The van der Waals surface area contributed by atoms with Crippen LogP contribution in [0.1, 0.15) is 5.56 Å². The number of hydrazine groups is 1. The van der Waals surface area contributed by atoms with Crippen molar-refractivity contribution in [2.45, 2.75) is 11.4 Å². The molecule has 0 atom stereocenters. The van der Waals surface area contributed by atoms with Crippen LogP contribution in [0.4, 0.5) is 10.1 Å². The molecule has 0 fully saturated rings. The third-order valence-corrected chi connectivity index (χ3v) is 4.10. The van der Waals surface area contributed by atoms with Gasteiger partial charge in [-0.2, -0.15) is 0 Å². The van der Waals surface area contributed by atoms with E-state index in [-0.39, 0.29) is 11.4 Å². The molecule has 0 aliphatic heterocycles. The molecule has 2 rings (SSSR count). The highest BCUT2D eigenvalue weighted by atomic mass is 32.2. The zero-order valence-corrected chi connectivity index (χ0v) is 11.3. The van der Waals surface area contributed by atoms with Crippen LogP contribution in [0.3, 0.4) is 0 Å². The second-order valence-electron chi connectivity index (χ2n) is 4.12.